The largest absolute Gasteiger partial charge is 0.497 e. The summed E-state index contributed by atoms with van der Waals surface area (Å²) < 4.78 is 11.0. The lowest BCUT2D eigenvalue weighted by Gasteiger charge is -2.06. The Balaban J connectivity index is 1.59. The summed E-state index contributed by atoms with van der Waals surface area (Å²) in [4.78, 5) is 17.0. The van der Waals surface area contributed by atoms with Gasteiger partial charge in [-0.05, 0) is 60.7 Å². The number of anilines is 1. The van der Waals surface area contributed by atoms with E-state index in [4.69, 9.17) is 32.4 Å². The summed E-state index contributed by atoms with van der Waals surface area (Å²) in [5.41, 5.74) is 3.00. The monoisotopic (exact) mass is 412 g/mol. The molecule has 1 heterocycles. The quantitative estimate of drug-likeness (QED) is 0.442. The highest BCUT2D eigenvalue weighted by Gasteiger charge is 2.13. The van der Waals surface area contributed by atoms with Gasteiger partial charge >= 0.3 is 0 Å². The Morgan fingerprint density at radius 2 is 1.82 bits per heavy atom. The minimum Gasteiger partial charge on any atom is -0.497 e. The Morgan fingerprint density at radius 1 is 1.04 bits per heavy atom. The number of oxazole rings is 1. The van der Waals surface area contributed by atoms with Crippen molar-refractivity contribution < 1.29 is 13.9 Å². The number of aromatic nitrogens is 1. The fraction of sp³-hybridized carbons (Fsp3) is 0.0476. The van der Waals surface area contributed by atoms with E-state index in [0.717, 1.165) is 11.3 Å². The van der Waals surface area contributed by atoms with Gasteiger partial charge in [-0.3, -0.25) is 4.79 Å². The zero-order chi connectivity index (χ0) is 19.7. The summed E-state index contributed by atoms with van der Waals surface area (Å²) >= 11 is 12.0. The van der Waals surface area contributed by atoms with E-state index in [2.05, 4.69) is 10.3 Å². The van der Waals surface area contributed by atoms with Gasteiger partial charge in [0.15, 0.2) is 5.58 Å². The fourth-order valence-electron chi connectivity index (χ4n) is 2.73. The Labute approximate surface area is 170 Å². The molecule has 1 amide bonds. The third kappa shape index (κ3) is 3.67. The van der Waals surface area contributed by atoms with Gasteiger partial charge in [-0.25, -0.2) is 4.98 Å². The molecule has 0 atom stereocenters. The molecule has 140 valence electrons. The number of methoxy groups -OCH3 is 1. The van der Waals surface area contributed by atoms with E-state index in [1.165, 1.54) is 6.07 Å². The van der Waals surface area contributed by atoms with Crippen molar-refractivity contribution in [1.29, 1.82) is 0 Å². The molecule has 0 spiro atoms. The summed E-state index contributed by atoms with van der Waals surface area (Å²) in [7, 11) is 1.61. The molecule has 7 heteroatoms. The average Bonchev–Trinajstić information content (AvgIpc) is 3.11. The molecule has 0 saturated carbocycles. The van der Waals surface area contributed by atoms with Crippen molar-refractivity contribution in [3.63, 3.8) is 0 Å². The molecule has 4 rings (SSSR count). The summed E-state index contributed by atoms with van der Waals surface area (Å²) in [6, 6.07) is 17.4. The number of fused-ring (bicyclic) bond motifs is 1. The Bertz CT molecular complexity index is 1170. The van der Waals surface area contributed by atoms with Gasteiger partial charge in [-0.2, -0.15) is 0 Å². The van der Waals surface area contributed by atoms with E-state index in [0.29, 0.717) is 33.3 Å². The maximum Gasteiger partial charge on any atom is 0.257 e. The van der Waals surface area contributed by atoms with E-state index in [-0.39, 0.29) is 10.9 Å². The van der Waals surface area contributed by atoms with E-state index in [1.807, 2.05) is 24.3 Å². The highest BCUT2D eigenvalue weighted by Crippen LogP contribution is 2.28. The maximum absolute atomic E-state index is 12.5. The van der Waals surface area contributed by atoms with Crippen LogP contribution in [0.1, 0.15) is 10.4 Å². The predicted molar refractivity (Wildman–Crippen MR) is 110 cm³/mol. The Hall–Kier alpha value is -3.02. The number of hydrogen-bond acceptors (Lipinski definition) is 4. The molecular formula is C21H14Cl2N2O3. The Kier molecular flexibility index (Phi) is 4.94. The Morgan fingerprint density at radius 3 is 2.54 bits per heavy atom. The van der Waals surface area contributed by atoms with E-state index >= 15 is 0 Å². The number of carbonyl (C=O) groups excluding carboxylic acids is 1. The predicted octanol–water partition coefficient (Wildman–Crippen LogP) is 6.06. The number of ether oxygens (including phenoxy) is 1. The van der Waals surface area contributed by atoms with Crippen LogP contribution in [0.4, 0.5) is 5.69 Å². The molecule has 5 nitrogen and oxygen atoms in total. The van der Waals surface area contributed by atoms with Crippen molar-refractivity contribution in [1.82, 2.24) is 4.98 Å². The van der Waals surface area contributed by atoms with Crippen molar-refractivity contribution in [2.75, 3.05) is 12.4 Å². The maximum atomic E-state index is 12.5. The number of halogens is 2. The van der Waals surface area contributed by atoms with Gasteiger partial charge < -0.3 is 14.5 Å². The number of nitrogens with one attached hydrogen (secondary N) is 1. The van der Waals surface area contributed by atoms with Crippen molar-refractivity contribution in [3.05, 3.63) is 76.3 Å². The van der Waals surface area contributed by atoms with Crippen LogP contribution in [0.15, 0.2) is 65.1 Å². The number of nitrogens with zero attached hydrogens (tertiary/aromatic N) is 1. The third-order valence-electron chi connectivity index (χ3n) is 4.16. The van der Waals surface area contributed by atoms with Crippen LogP contribution >= 0.6 is 23.2 Å². The molecule has 0 radical (unpaired) electrons. The molecule has 0 fully saturated rings. The molecule has 0 aliphatic heterocycles. The molecule has 1 N–H and O–H groups in total. The summed E-state index contributed by atoms with van der Waals surface area (Å²) in [6.45, 7) is 0. The lowest BCUT2D eigenvalue weighted by Crippen LogP contribution is -2.12. The number of benzene rings is 3. The first-order valence-electron chi connectivity index (χ1n) is 8.35. The number of amides is 1. The summed E-state index contributed by atoms with van der Waals surface area (Å²) in [5.74, 6) is 0.910. The second kappa shape index (κ2) is 7.54. The topological polar surface area (TPSA) is 64.4 Å². The second-order valence-electron chi connectivity index (χ2n) is 6.01. The average molecular weight is 413 g/mol. The van der Waals surface area contributed by atoms with Gasteiger partial charge in [-0.1, -0.05) is 23.2 Å². The van der Waals surface area contributed by atoms with Crippen LogP contribution in [0, 0.1) is 0 Å². The first-order valence-corrected chi connectivity index (χ1v) is 9.10. The molecule has 0 unspecified atom stereocenters. The highest BCUT2D eigenvalue weighted by atomic mass is 35.5. The van der Waals surface area contributed by atoms with Crippen LogP contribution in [0.5, 0.6) is 5.75 Å². The van der Waals surface area contributed by atoms with Crippen molar-refractivity contribution >= 4 is 45.9 Å². The van der Waals surface area contributed by atoms with E-state index < -0.39 is 0 Å². The van der Waals surface area contributed by atoms with Crippen molar-refractivity contribution in [2.45, 2.75) is 0 Å². The van der Waals surface area contributed by atoms with Gasteiger partial charge in [0.05, 0.1) is 17.7 Å². The van der Waals surface area contributed by atoms with Gasteiger partial charge in [0.1, 0.15) is 11.3 Å². The zero-order valence-electron chi connectivity index (χ0n) is 14.7. The smallest absolute Gasteiger partial charge is 0.257 e. The number of carbonyl (C=O) groups is 1. The number of hydrogen-bond donors (Lipinski definition) is 1. The molecule has 28 heavy (non-hydrogen) atoms. The second-order valence-corrected chi connectivity index (χ2v) is 6.85. The lowest BCUT2D eigenvalue weighted by atomic mass is 10.2. The van der Waals surface area contributed by atoms with Crippen LogP contribution < -0.4 is 10.1 Å². The standard InChI is InChI=1S/C21H14Cl2N2O3/c1-27-15-6-2-12(3-7-15)21-25-18-11-14(5-9-19(18)28-21)24-20(26)16-8-4-13(22)10-17(16)23/h2-11H,1H3,(H,24,26). The van der Waals surface area contributed by atoms with Gasteiger partial charge in [0.25, 0.3) is 5.91 Å². The molecular weight excluding hydrogens is 399 g/mol. The SMILES string of the molecule is COc1ccc(-c2nc3cc(NC(=O)c4ccc(Cl)cc4Cl)ccc3o2)cc1. The van der Waals surface area contributed by atoms with Crippen LogP contribution in [0.2, 0.25) is 10.0 Å². The van der Waals surface area contributed by atoms with Crippen molar-refractivity contribution in [2.24, 2.45) is 0 Å². The molecule has 1 aromatic heterocycles. The van der Waals surface area contributed by atoms with Gasteiger partial charge in [0.2, 0.25) is 5.89 Å². The molecule has 0 aliphatic carbocycles. The first-order chi connectivity index (χ1) is 13.5. The van der Waals surface area contributed by atoms with E-state index in [1.54, 1.807) is 37.4 Å². The molecule has 3 aromatic carbocycles. The van der Waals surface area contributed by atoms with Gasteiger partial charge in [-0.15, -0.1) is 0 Å². The number of rotatable bonds is 4. The summed E-state index contributed by atoms with van der Waals surface area (Å²) in [6.07, 6.45) is 0. The van der Waals surface area contributed by atoms with Crippen LogP contribution in [0.25, 0.3) is 22.6 Å². The van der Waals surface area contributed by atoms with Gasteiger partial charge in [0, 0.05) is 16.3 Å². The minimum absolute atomic E-state index is 0.286. The third-order valence-corrected chi connectivity index (χ3v) is 4.71. The van der Waals surface area contributed by atoms with Crippen LogP contribution in [0.3, 0.4) is 0 Å². The molecule has 4 aromatic rings. The van der Waals surface area contributed by atoms with Crippen LogP contribution in [-0.2, 0) is 0 Å². The highest BCUT2D eigenvalue weighted by molar-refractivity contribution is 6.37. The minimum atomic E-state index is -0.333. The van der Waals surface area contributed by atoms with Crippen molar-refractivity contribution in [3.8, 4) is 17.2 Å². The zero-order valence-corrected chi connectivity index (χ0v) is 16.2. The fourth-order valence-corrected chi connectivity index (χ4v) is 3.23. The molecule has 0 aliphatic rings. The first kappa shape index (κ1) is 18.3. The molecule has 0 bridgehead atoms. The molecule has 0 saturated heterocycles. The normalized spacial score (nSPS) is 10.8. The van der Waals surface area contributed by atoms with E-state index in [9.17, 15) is 4.79 Å². The summed E-state index contributed by atoms with van der Waals surface area (Å²) in [5, 5.41) is 3.57. The lowest BCUT2D eigenvalue weighted by molar-refractivity contribution is 0.102. The van der Waals surface area contributed by atoms with Crippen LogP contribution in [-0.4, -0.2) is 18.0 Å².